The summed E-state index contributed by atoms with van der Waals surface area (Å²) in [6.45, 7) is 28.0. The molecule has 0 heterocycles. The van der Waals surface area contributed by atoms with E-state index in [1.165, 1.54) is 22.3 Å². The summed E-state index contributed by atoms with van der Waals surface area (Å²) >= 11 is 0. The van der Waals surface area contributed by atoms with E-state index in [2.05, 4.69) is 197 Å². The smallest absolute Gasteiger partial charge is 0.314 e. The van der Waals surface area contributed by atoms with E-state index in [-0.39, 0.29) is 22.7 Å². The molecule has 4 nitrogen and oxygen atoms in total. The lowest BCUT2D eigenvalue weighted by Crippen LogP contribution is -2.35. The van der Waals surface area contributed by atoms with Gasteiger partial charge in [-0.25, -0.2) is 0 Å². The number of rotatable bonds is 9. The predicted octanol–water partition coefficient (Wildman–Crippen LogP) is 13.8. The molecule has 4 heteroatoms. The second-order valence-electron chi connectivity index (χ2n) is 17.1. The normalized spacial score (nSPS) is 12.4. The highest BCUT2D eigenvalue weighted by Gasteiger charge is 2.36. The molecule has 0 saturated heterocycles. The molecule has 1 unspecified atom stereocenters. The number of anilines is 6. The van der Waals surface area contributed by atoms with Gasteiger partial charge in [0.15, 0.2) is 0 Å². The Balaban J connectivity index is 1.86. The molecule has 5 aromatic carbocycles. The van der Waals surface area contributed by atoms with Gasteiger partial charge in [-0.3, -0.25) is 4.79 Å². The molecule has 0 aliphatic rings. The molecule has 0 bridgehead atoms. The molecule has 272 valence electrons. The molecule has 1 atom stereocenters. The van der Waals surface area contributed by atoms with Crippen molar-refractivity contribution in [2.45, 2.75) is 96.4 Å². The first-order chi connectivity index (χ1) is 24.3. The van der Waals surface area contributed by atoms with Crippen molar-refractivity contribution in [1.29, 1.82) is 0 Å². The molecule has 52 heavy (non-hydrogen) atoms. The van der Waals surface area contributed by atoms with Crippen molar-refractivity contribution in [1.82, 2.24) is 0 Å². The number of benzene rings is 5. The second-order valence-corrected chi connectivity index (χ2v) is 17.1. The van der Waals surface area contributed by atoms with E-state index >= 15 is 0 Å². The highest BCUT2D eigenvalue weighted by atomic mass is 16.5. The van der Waals surface area contributed by atoms with Crippen molar-refractivity contribution in [2.75, 3.05) is 9.80 Å². The molecular weight excluding hydrogens is 637 g/mol. The first kappa shape index (κ1) is 38.4. The van der Waals surface area contributed by atoms with Gasteiger partial charge in [0.1, 0.15) is 5.75 Å². The van der Waals surface area contributed by atoms with Crippen molar-refractivity contribution in [3.63, 3.8) is 0 Å². The van der Waals surface area contributed by atoms with Crippen LogP contribution in [0.3, 0.4) is 0 Å². The average Bonchev–Trinajstić information content (AvgIpc) is 3.04. The zero-order valence-corrected chi connectivity index (χ0v) is 33.7. The maximum Gasteiger partial charge on any atom is 0.314 e. The van der Waals surface area contributed by atoms with E-state index in [1.807, 2.05) is 0 Å². The van der Waals surface area contributed by atoms with Gasteiger partial charge in [0.05, 0.1) is 17.3 Å². The van der Waals surface area contributed by atoms with Gasteiger partial charge in [-0.15, -0.1) is 0 Å². The van der Waals surface area contributed by atoms with Crippen molar-refractivity contribution in [3.8, 4) is 5.75 Å². The van der Waals surface area contributed by atoms with Crippen LogP contribution in [0, 0.1) is 65.2 Å². The largest absolute Gasteiger partial charge is 0.426 e. The van der Waals surface area contributed by atoms with Crippen LogP contribution >= 0.6 is 0 Å². The van der Waals surface area contributed by atoms with Crippen LogP contribution in [0.15, 0.2) is 97.1 Å². The SMILES string of the molecule is Cc1cccc(N(c2cc(C)ccc2C)c2cc(OC(=O)C(CC(C)(C)C)C(C)(C)C)cc(N(c3cccc(C)c3)c3cc(C)ccc3C)c2C)c1. The minimum absolute atomic E-state index is 0.0457. The fourth-order valence-corrected chi connectivity index (χ4v) is 7.00. The molecule has 0 radical (unpaired) electrons. The highest BCUT2D eigenvalue weighted by Crippen LogP contribution is 2.48. The quantitative estimate of drug-likeness (QED) is 0.114. The number of hydrogen-bond acceptors (Lipinski definition) is 4. The third kappa shape index (κ3) is 8.78. The predicted molar refractivity (Wildman–Crippen MR) is 222 cm³/mol. The number of ether oxygens (including phenoxy) is 1. The summed E-state index contributed by atoms with van der Waals surface area (Å²) in [5.41, 5.74) is 13.9. The number of hydrogen-bond donors (Lipinski definition) is 0. The summed E-state index contributed by atoms with van der Waals surface area (Å²) in [5.74, 6) is 0.0278. The van der Waals surface area contributed by atoms with Crippen LogP contribution in [-0.4, -0.2) is 5.97 Å². The molecule has 5 aromatic rings. The Hall–Kier alpha value is -4.83. The Morgan fingerprint density at radius 2 is 0.981 bits per heavy atom. The fraction of sp³-hybridized carbons (Fsp3) is 0.354. The van der Waals surface area contributed by atoms with Crippen molar-refractivity contribution in [3.05, 3.63) is 136 Å². The minimum Gasteiger partial charge on any atom is -0.426 e. The molecule has 0 spiro atoms. The van der Waals surface area contributed by atoms with E-state index in [4.69, 9.17) is 4.74 Å². The van der Waals surface area contributed by atoms with E-state index in [9.17, 15) is 4.79 Å². The molecule has 0 N–H and O–H groups in total. The van der Waals surface area contributed by atoms with Gasteiger partial charge in [0.2, 0.25) is 0 Å². The minimum atomic E-state index is -0.292. The lowest BCUT2D eigenvalue weighted by atomic mass is 9.72. The summed E-state index contributed by atoms with van der Waals surface area (Å²) in [7, 11) is 0. The van der Waals surface area contributed by atoms with E-state index in [0.717, 1.165) is 57.2 Å². The third-order valence-corrected chi connectivity index (χ3v) is 9.90. The summed E-state index contributed by atoms with van der Waals surface area (Å²) in [4.78, 5) is 19.1. The molecule has 5 rings (SSSR count). The lowest BCUT2D eigenvalue weighted by molar-refractivity contribution is -0.144. The van der Waals surface area contributed by atoms with Gasteiger partial charge in [-0.2, -0.15) is 0 Å². The van der Waals surface area contributed by atoms with Gasteiger partial charge >= 0.3 is 5.97 Å². The average molecular weight is 695 g/mol. The van der Waals surface area contributed by atoms with Crippen LogP contribution in [0.4, 0.5) is 34.1 Å². The van der Waals surface area contributed by atoms with Crippen molar-refractivity contribution in [2.24, 2.45) is 16.7 Å². The number of nitrogens with zero attached hydrogens (tertiary/aromatic N) is 2. The van der Waals surface area contributed by atoms with Gasteiger partial charge in [-0.05, 0) is 141 Å². The Morgan fingerprint density at radius 1 is 0.558 bits per heavy atom. The molecule has 0 aliphatic heterocycles. The molecular formula is C48H58N2O2. The molecule has 0 aliphatic carbocycles. The van der Waals surface area contributed by atoms with Crippen LogP contribution in [0.5, 0.6) is 5.75 Å². The first-order valence-electron chi connectivity index (χ1n) is 18.6. The molecule has 0 fully saturated rings. The zero-order chi connectivity index (χ0) is 38.1. The zero-order valence-electron chi connectivity index (χ0n) is 33.7. The molecule has 0 aromatic heterocycles. The lowest BCUT2D eigenvalue weighted by Gasteiger charge is -2.35. The van der Waals surface area contributed by atoms with Crippen LogP contribution in [0.2, 0.25) is 0 Å². The van der Waals surface area contributed by atoms with Crippen LogP contribution in [0.25, 0.3) is 0 Å². The Kier molecular flexibility index (Phi) is 11.1. The summed E-state index contributed by atoms with van der Waals surface area (Å²) < 4.78 is 6.59. The fourth-order valence-electron chi connectivity index (χ4n) is 7.00. The van der Waals surface area contributed by atoms with Gasteiger partial charge in [-0.1, -0.05) is 90.1 Å². The Labute approximate surface area is 313 Å². The topological polar surface area (TPSA) is 32.8 Å². The Morgan fingerprint density at radius 3 is 1.37 bits per heavy atom. The number of esters is 1. The maximum atomic E-state index is 14.4. The summed E-state index contributed by atoms with van der Waals surface area (Å²) in [6, 6.07) is 34.6. The molecule has 0 amide bonds. The monoisotopic (exact) mass is 694 g/mol. The van der Waals surface area contributed by atoms with E-state index in [0.29, 0.717) is 5.75 Å². The van der Waals surface area contributed by atoms with Gasteiger partial charge in [0.25, 0.3) is 0 Å². The van der Waals surface area contributed by atoms with Crippen LogP contribution in [0.1, 0.15) is 86.9 Å². The highest BCUT2D eigenvalue weighted by molar-refractivity contribution is 5.90. The van der Waals surface area contributed by atoms with E-state index < -0.39 is 0 Å². The number of aryl methyl sites for hydroxylation is 6. The Bertz CT molecular complexity index is 1960. The van der Waals surface area contributed by atoms with Crippen LogP contribution in [-0.2, 0) is 4.79 Å². The number of carbonyl (C=O) groups is 1. The van der Waals surface area contributed by atoms with Crippen molar-refractivity contribution < 1.29 is 9.53 Å². The summed E-state index contributed by atoms with van der Waals surface area (Å²) in [5, 5.41) is 0. The van der Waals surface area contributed by atoms with Crippen LogP contribution < -0.4 is 14.5 Å². The molecule has 0 saturated carbocycles. The van der Waals surface area contributed by atoms with Crippen molar-refractivity contribution >= 4 is 40.1 Å². The number of carbonyl (C=O) groups excluding carboxylic acids is 1. The summed E-state index contributed by atoms with van der Waals surface area (Å²) in [6.07, 6.45) is 0.719. The van der Waals surface area contributed by atoms with E-state index in [1.54, 1.807) is 0 Å². The standard InChI is InChI=1S/C48H58N2O2/c1-31-16-14-18-38(24-31)49(42-26-33(3)20-22-35(42)5)44-28-40(52-46(51)41(48(11,12)13)30-47(8,9)10)29-45(37(44)7)50(39-19-15-17-32(2)25-39)43-27-34(4)21-23-36(43)6/h14-29,41H,30H2,1-13H3. The first-order valence-corrected chi connectivity index (χ1v) is 18.6. The third-order valence-electron chi connectivity index (χ3n) is 9.90. The van der Waals surface area contributed by atoms with Gasteiger partial charge < -0.3 is 14.5 Å². The maximum absolute atomic E-state index is 14.4. The van der Waals surface area contributed by atoms with Gasteiger partial charge in [0, 0.05) is 34.9 Å². The second kappa shape index (κ2) is 15.0.